The molecule has 0 saturated heterocycles. The Hall–Kier alpha value is -0.160. The molecular formula is C9H16ClN3S. The Morgan fingerprint density at radius 3 is 2.86 bits per heavy atom. The zero-order chi connectivity index (χ0) is 10.6. The highest BCUT2D eigenvalue weighted by molar-refractivity contribution is 7.15. The minimum atomic E-state index is 0.533. The molecule has 0 radical (unpaired) electrons. The zero-order valence-corrected chi connectivity index (χ0v) is 10.3. The van der Waals surface area contributed by atoms with Crippen LogP contribution in [0.2, 0.25) is 4.34 Å². The minimum absolute atomic E-state index is 0.533. The van der Waals surface area contributed by atoms with Crippen LogP contribution in [0, 0.1) is 0 Å². The molecule has 5 heteroatoms. The first-order valence-corrected chi connectivity index (χ1v) is 5.76. The minimum Gasteiger partial charge on any atom is -0.309 e. The van der Waals surface area contributed by atoms with Gasteiger partial charge >= 0.3 is 0 Å². The van der Waals surface area contributed by atoms with E-state index in [4.69, 9.17) is 11.6 Å². The normalized spacial score (nSPS) is 13.5. The summed E-state index contributed by atoms with van der Waals surface area (Å²) in [5.41, 5.74) is 0. The number of hydrogen-bond donors (Lipinski definition) is 1. The molecule has 1 heterocycles. The molecule has 1 rings (SSSR count). The maximum Gasteiger partial charge on any atom is 0.113 e. The highest BCUT2D eigenvalue weighted by atomic mass is 35.5. The highest BCUT2D eigenvalue weighted by Gasteiger charge is 2.04. The maximum absolute atomic E-state index is 5.77. The summed E-state index contributed by atoms with van der Waals surface area (Å²) in [5, 5.41) is 4.39. The average Bonchev–Trinajstić information content (AvgIpc) is 2.51. The summed E-state index contributed by atoms with van der Waals surface area (Å²) in [5.74, 6) is 0. The van der Waals surface area contributed by atoms with Crippen LogP contribution in [0.1, 0.15) is 11.9 Å². The number of thiazole rings is 1. The van der Waals surface area contributed by atoms with E-state index in [0.717, 1.165) is 22.4 Å². The average molecular weight is 234 g/mol. The lowest BCUT2D eigenvalue weighted by Gasteiger charge is -2.19. The molecule has 0 amide bonds. The van der Waals surface area contributed by atoms with Crippen molar-refractivity contribution in [1.29, 1.82) is 0 Å². The van der Waals surface area contributed by atoms with Crippen LogP contribution in [-0.4, -0.2) is 36.6 Å². The number of likely N-dealkylation sites (N-methyl/N-ethyl adjacent to an activating group) is 1. The van der Waals surface area contributed by atoms with Gasteiger partial charge in [-0.3, -0.25) is 0 Å². The van der Waals surface area contributed by atoms with Crippen molar-refractivity contribution >= 4 is 22.9 Å². The third-order valence-corrected chi connectivity index (χ3v) is 3.24. The third kappa shape index (κ3) is 3.92. The number of halogens is 1. The second-order valence-electron chi connectivity index (χ2n) is 3.50. The number of rotatable bonds is 5. The van der Waals surface area contributed by atoms with Crippen molar-refractivity contribution < 1.29 is 0 Å². The molecule has 1 atom stereocenters. The maximum atomic E-state index is 5.77. The first-order valence-electron chi connectivity index (χ1n) is 4.57. The molecule has 0 aliphatic rings. The molecule has 0 fully saturated rings. The van der Waals surface area contributed by atoms with Gasteiger partial charge in [-0.15, -0.1) is 11.3 Å². The molecule has 14 heavy (non-hydrogen) atoms. The highest BCUT2D eigenvalue weighted by Crippen LogP contribution is 2.17. The van der Waals surface area contributed by atoms with Gasteiger partial charge in [-0.2, -0.15) is 0 Å². The van der Waals surface area contributed by atoms with Gasteiger partial charge in [-0.1, -0.05) is 11.6 Å². The molecule has 0 aromatic carbocycles. The third-order valence-electron chi connectivity index (χ3n) is 2.12. The monoisotopic (exact) mass is 233 g/mol. The fraction of sp³-hybridized carbons (Fsp3) is 0.667. The van der Waals surface area contributed by atoms with Crippen molar-refractivity contribution in [2.75, 3.05) is 20.6 Å². The summed E-state index contributed by atoms with van der Waals surface area (Å²) in [4.78, 5) is 6.35. The smallest absolute Gasteiger partial charge is 0.113 e. The quantitative estimate of drug-likeness (QED) is 0.841. The van der Waals surface area contributed by atoms with Crippen LogP contribution in [0.5, 0.6) is 0 Å². The van der Waals surface area contributed by atoms with Gasteiger partial charge in [0.2, 0.25) is 0 Å². The molecule has 3 nitrogen and oxygen atoms in total. The fourth-order valence-corrected chi connectivity index (χ4v) is 1.87. The predicted molar refractivity (Wildman–Crippen MR) is 62.0 cm³/mol. The molecular weight excluding hydrogens is 218 g/mol. The molecule has 1 aromatic heterocycles. The fourth-order valence-electron chi connectivity index (χ4n) is 0.940. The molecule has 0 spiro atoms. The van der Waals surface area contributed by atoms with E-state index in [1.54, 1.807) is 6.20 Å². The van der Waals surface area contributed by atoms with E-state index in [9.17, 15) is 0 Å². The number of aromatic nitrogens is 1. The van der Waals surface area contributed by atoms with Gasteiger partial charge in [0, 0.05) is 19.1 Å². The van der Waals surface area contributed by atoms with Crippen LogP contribution in [0.4, 0.5) is 0 Å². The van der Waals surface area contributed by atoms with E-state index >= 15 is 0 Å². The second-order valence-corrected chi connectivity index (χ2v) is 5.25. The summed E-state index contributed by atoms with van der Waals surface area (Å²) in [6, 6.07) is 0.533. The van der Waals surface area contributed by atoms with Crippen molar-refractivity contribution in [2.45, 2.75) is 19.5 Å². The van der Waals surface area contributed by atoms with E-state index in [1.807, 2.05) is 0 Å². The summed E-state index contributed by atoms with van der Waals surface area (Å²) < 4.78 is 0.752. The number of nitrogens with one attached hydrogen (secondary N) is 1. The lowest BCUT2D eigenvalue weighted by atomic mass is 10.3. The van der Waals surface area contributed by atoms with Crippen LogP contribution < -0.4 is 5.32 Å². The summed E-state index contributed by atoms with van der Waals surface area (Å²) in [6.45, 7) is 3.95. The van der Waals surface area contributed by atoms with E-state index < -0.39 is 0 Å². The van der Waals surface area contributed by atoms with Gasteiger partial charge in [-0.25, -0.2) is 4.98 Å². The molecule has 0 bridgehead atoms. The van der Waals surface area contributed by atoms with E-state index in [1.165, 1.54) is 11.3 Å². The summed E-state index contributed by atoms with van der Waals surface area (Å²) in [6.07, 6.45) is 1.69. The zero-order valence-electron chi connectivity index (χ0n) is 8.75. The summed E-state index contributed by atoms with van der Waals surface area (Å²) in [7, 11) is 4.15. The van der Waals surface area contributed by atoms with Crippen molar-refractivity contribution in [3.63, 3.8) is 0 Å². The van der Waals surface area contributed by atoms with Crippen LogP contribution >= 0.6 is 22.9 Å². The predicted octanol–water partition coefficient (Wildman–Crippen LogP) is 1.84. The van der Waals surface area contributed by atoms with Crippen LogP contribution in [0.15, 0.2) is 6.20 Å². The number of hydrogen-bond acceptors (Lipinski definition) is 4. The molecule has 0 saturated carbocycles. The van der Waals surface area contributed by atoms with Gasteiger partial charge in [-0.05, 0) is 21.0 Å². The van der Waals surface area contributed by atoms with Gasteiger partial charge in [0.1, 0.15) is 9.34 Å². The van der Waals surface area contributed by atoms with E-state index in [-0.39, 0.29) is 0 Å². The van der Waals surface area contributed by atoms with E-state index in [0.29, 0.717) is 6.04 Å². The Kier molecular flexibility index (Phi) is 4.81. The molecule has 80 valence electrons. The molecule has 0 aliphatic heterocycles. The van der Waals surface area contributed by atoms with Crippen molar-refractivity contribution in [3.05, 3.63) is 15.5 Å². The SMILES string of the molecule is CC(CNCc1ncc(Cl)s1)N(C)C. The molecule has 1 N–H and O–H groups in total. The van der Waals surface area contributed by atoms with Crippen molar-refractivity contribution in [2.24, 2.45) is 0 Å². The largest absolute Gasteiger partial charge is 0.309 e. The van der Waals surface area contributed by atoms with Gasteiger partial charge < -0.3 is 10.2 Å². The first kappa shape index (κ1) is 11.9. The standard InChI is InChI=1S/C9H16ClN3S/c1-7(13(2)3)4-11-6-9-12-5-8(10)14-9/h5,7,11H,4,6H2,1-3H3. The Labute approximate surface area is 94.1 Å². The van der Waals surface area contributed by atoms with Crippen LogP contribution in [-0.2, 0) is 6.54 Å². The summed E-state index contributed by atoms with van der Waals surface area (Å²) >= 11 is 7.30. The van der Waals surface area contributed by atoms with E-state index in [2.05, 4.69) is 36.2 Å². The topological polar surface area (TPSA) is 28.2 Å². The van der Waals surface area contributed by atoms with Gasteiger partial charge in [0.05, 0.1) is 6.20 Å². The van der Waals surface area contributed by atoms with Crippen LogP contribution in [0.3, 0.4) is 0 Å². The number of nitrogens with zero attached hydrogens (tertiary/aromatic N) is 2. The Morgan fingerprint density at radius 2 is 2.36 bits per heavy atom. The van der Waals surface area contributed by atoms with Gasteiger partial charge in [0.15, 0.2) is 0 Å². The van der Waals surface area contributed by atoms with Crippen molar-refractivity contribution in [3.8, 4) is 0 Å². The Bertz CT molecular complexity index is 275. The van der Waals surface area contributed by atoms with Gasteiger partial charge in [0.25, 0.3) is 0 Å². The van der Waals surface area contributed by atoms with Crippen LogP contribution in [0.25, 0.3) is 0 Å². The molecule has 1 aromatic rings. The van der Waals surface area contributed by atoms with Crippen molar-refractivity contribution in [1.82, 2.24) is 15.2 Å². The Morgan fingerprint density at radius 1 is 1.64 bits per heavy atom. The Balaban J connectivity index is 2.22. The lowest BCUT2D eigenvalue weighted by Crippen LogP contribution is -2.35. The second kappa shape index (κ2) is 5.66. The molecule has 0 aliphatic carbocycles. The first-order chi connectivity index (χ1) is 6.59. The lowest BCUT2D eigenvalue weighted by molar-refractivity contribution is 0.302. The molecule has 1 unspecified atom stereocenters.